The highest BCUT2D eigenvalue weighted by Crippen LogP contribution is 2.21. The second kappa shape index (κ2) is 4.88. The van der Waals surface area contributed by atoms with Crippen LogP contribution >= 0.6 is 12.2 Å². The van der Waals surface area contributed by atoms with Gasteiger partial charge in [0, 0.05) is 0 Å². The lowest BCUT2D eigenvalue weighted by Gasteiger charge is -2.11. The minimum atomic E-state index is -4.89. The largest absolute Gasteiger partial charge is 0.389 e. The van der Waals surface area contributed by atoms with Crippen LogP contribution in [-0.4, -0.2) is 19.2 Å². The number of nitrogens with two attached hydrogens (primary N) is 1. The summed E-state index contributed by atoms with van der Waals surface area (Å²) >= 11 is 4.51. The van der Waals surface area contributed by atoms with E-state index in [0.717, 1.165) is 18.2 Å². The van der Waals surface area contributed by atoms with Crippen molar-refractivity contribution in [3.63, 3.8) is 0 Å². The third kappa shape index (κ3) is 3.07. The van der Waals surface area contributed by atoms with E-state index in [1.165, 1.54) is 4.72 Å². The molecule has 3 N–H and O–H groups in total. The molecule has 1 aromatic carbocycles. The minimum absolute atomic E-state index is 0.419. The molecule has 0 fully saturated rings. The number of nitrogens with one attached hydrogen (secondary N) is 1. The highest BCUT2D eigenvalue weighted by molar-refractivity contribution is 7.93. The molecule has 0 aliphatic heterocycles. The van der Waals surface area contributed by atoms with Crippen LogP contribution in [-0.2, 0) is 10.0 Å². The van der Waals surface area contributed by atoms with Gasteiger partial charge in [0.15, 0.2) is 0 Å². The van der Waals surface area contributed by atoms with Crippen LogP contribution in [0.15, 0.2) is 18.2 Å². The Kier molecular flexibility index (Phi) is 3.94. The summed E-state index contributed by atoms with van der Waals surface area (Å²) in [6.07, 6.45) is 0. The quantitative estimate of drug-likeness (QED) is 0.820. The predicted octanol–water partition coefficient (Wildman–Crippen LogP) is 1.42. The van der Waals surface area contributed by atoms with Crippen molar-refractivity contribution in [2.75, 3.05) is 4.72 Å². The van der Waals surface area contributed by atoms with Crippen LogP contribution in [0.1, 0.15) is 5.56 Å². The fourth-order valence-electron chi connectivity index (χ4n) is 1.06. The maximum Gasteiger partial charge on any atom is 0.355 e. The summed E-state index contributed by atoms with van der Waals surface area (Å²) in [5.41, 5.74) is 4.34. The minimum Gasteiger partial charge on any atom is -0.389 e. The predicted molar refractivity (Wildman–Crippen MR) is 60.8 cm³/mol. The van der Waals surface area contributed by atoms with Crippen molar-refractivity contribution in [3.8, 4) is 0 Å². The van der Waals surface area contributed by atoms with E-state index in [2.05, 4.69) is 12.2 Å². The SMILES string of the molecule is NC(=S)c1c(F)cccc1NS(=O)(=O)C(F)F. The van der Waals surface area contributed by atoms with Gasteiger partial charge in [0.1, 0.15) is 10.8 Å². The molecule has 9 heteroatoms. The monoisotopic (exact) mass is 284 g/mol. The van der Waals surface area contributed by atoms with Crippen molar-refractivity contribution < 1.29 is 21.6 Å². The molecule has 0 aliphatic rings. The number of sulfonamides is 1. The fraction of sp³-hybridized carbons (Fsp3) is 0.125. The van der Waals surface area contributed by atoms with Gasteiger partial charge < -0.3 is 5.73 Å². The van der Waals surface area contributed by atoms with E-state index in [4.69, 9.17) is 5.73 Å². The lowest BCUT2D eigenvalue weighted by molar-refractivity contribution is 0.236. The number of hydrogen-bond donors (Lipinski definition) is 2. The van der Waals surface area contributed by atoms with E-state index < -0.39 is 37.8 Å². The van der Waals surface area contributed by atoms with Crippen molar-refractivity contribution in [1.82, 2.24) is 0 Å². The van der Waals surface area contributed by atoms with Gasteiger partial charge in [-0.3, -0.25) is 4.72 Å². The lowest BCUT2D eigenvalue weighted by Crippen LogP contribution is -2.23. The molecule has 17 heavy (non-hydrogen) atoms. The molecule has 0 bridgehead atoms. The third-order valence-corrected chi connectivity index (χ3v) is 2.92. The second-order valence-electron chi connectivity index (χ2n) is 2.93. The molecule has 0 saturated carbocycles. The van der Waals surface area contributed by atoms with Crippen molar-refractivity contribution in [2.24, 2.45) is 5.73 Å². The zero-order valence-electron chi connectivity index (χ0n) is 8.15. The van der Waals surface area contributed by atoms with Crippen molar-refractivity contribution in [3.05, 3.63) is 29.6 Å². The number of alkyl halides is 2. The fourth-order valence-corrected chi connectivity index (χ4v) is 1.83. The van der Waals surface area contributed by atoms with E-state index in [1.54, 1.807) is 0 Å². The first-order valence-corrected chi connectivity index (χ1v) is 6.09. The first kappa shape index (κ1) is 13.7. The molecular weight excluding hydrogens is 277 g/mol. The smallest absolute Gasteiger partial charge is 0.355 e. The number of benzene rings is 1. The van der Waals surface area contributed by atoms with Gasteiger partial charge in [0.05, 0.1) is 11.3 Å². The van der Waals surface area contributed by atoms with Crippen molar-refractivity contribution in [2.45, 2.75) is 5.76 Å². The molecule has 0 saturated heterocycles. The van der Waals surface area contributed by atoms with Crippen LogP contribution < -0.4 is 10.5 Å². The highest BCUT2D eigenvalue weighted by Gasteiger charge is 2.25. The summed E-state index contributed by atoms with van der Waals surface area (Å²) in [5.74, 6) is -4.53. The molecule has 1 aromatic rings. The Hall–Kier alpha value is -1.35. The summed E-state index contributed by atoms with van der Waals surface area (Å²) < 4.78 is 60.9. The molecule has 94 valence electrons. The van der Waals surface area contributed by atoms with Crippen LogP contribution in [0.2, 0.25) is 0 Å². The molecular formula is C8H7F3N2O2S2. The van der Waals surface area contributed by atoms with Crippen LogP contribution in [0.5, 0.6) is 0 Å². The van der Waals surface area contributed by atoms with E-state index in [1.807, 2.05) is 0 Å². The summed E-state index contributed by atoms with van der Waals surface area (Å²) in [6.45, 7) is 0. The first-order valence-electron chi connectivity index (χ1n) is 4.14. The van der Waals surface area contributed by atoms with Gasteiger partial charge in [-0.25, -0.2) is 12.8 Å². The van der Waals surface area contributed by atoms with Crippen molar-refractivity contribution >= 4 is 32.9 Å². The average Bonchev–Trinajstić information content (AvgIpc) is 2.15. The van der Waals surface area contributed by atoms with Gasteiger partial charge in [0.2, 0.25) is 0 Å². The maximum absolute atomic E-state index is 13.3. The van der Waals surface area contributed by atoms with Gasteiger partial charge in [-0.15, -0.1) is 0 Å². The van der Waals surface area contributed by atoms with Gasteiger partial charge >= 0.3 is 5.76 Å². The van der Waals surface area contributed by atoms with Crippen molar-refractivity contribution in [1.29, 1.82) is 0 Å². The van der Waals surface area contributed by atoms with Crippen LogP contribution in [0.3, 0.4) is 0 Å². The summed E-state index contributed by atoms with van der Waals surface area (Å²) in [6, 6.07) is 3.20. The number of halogens is 3. The first-order chi connectivity index (χ1) is 7.75. The number of thiocarbonyl (C=S) groups is 1. The number of anilines is 1. The van der Waals surface area contributed by atoms with E-state index in [9.17, 15) is 21.6 Å². The van der Waals surface area contributed by atoms with Gasteiger partial charge in [0.25, 0.3) is 10.0 Å². The lowest BCUT2D eigenvalue weighted by atomic mass is 10.2. The van der Waals surface area contributed by atoms with Gasteiger partial charge in [-0.1, -0.05) is 18.3 Å². The van der Waals surface area contributed by atoms with Crippen LogP contribution in [0.25, 0.3) is 0 Å². The second-order valence-corrected chi connectivity index (χ2v) is 5.02. The summed E-state index contributed by atoms with van der Waals surface area (Å²) in [5, 5.41) is 0. The van der Waals surface area contributed by atoms with Gasteiger partial charge in [-0.2, -0.15) is 8.78 Å². The average molecular weight is 284 g/mol. The Morgan fingerprint density at radius 3 is 2.47 bits per heavy atom. The standard InChI is InChI=1S/C8H7F3N2O2S2/c9-4-2-1-3-5(6(4)7(12)16)13-17(14,15)8(10)11/h1-3,8,13H,(H2,12,16). The zero-order valence-corrected chi connectivity index (χ0v) is 9.79. The molecule has 0 aliphatic carbocycles. The number of rotatable bonds is 4. The summed E-state index contributed by atoms with van der Waals surface area (Å²) in [4.78, 5) is -0.435. The molecule has 0 atom stereocenters. The molecule has 0 aromatic heterocycles. The maximum atomic E-state index is 13.3. The molecule has 0 spiro atoms. The molecule has 1 rings (SSSR count). The Morgan fingerprint density at radius 2 is 2.00 bits per heavy atom. The van der Waals surface area contributed by atoms with E-state index in [-0.39, 0.29) is 0 Å². The Labute approximate surface area is 101 Å². The number of hydrogen-bond acceptors (Lipinski definition) is 3. The molecule has 0 heterocycles. The van der Waals surface area contributed by atoms with Gasteiger partial charge in [-0.05, 0) is 12.1 Å². The molecule has 4 nitrogen and oxygen atoms in total. The topological polar surface area (TPSA) is 72.2 Å². The van der Waals surface area contributed by atoms with Crippen LogP contribution in [0, 0.1) is 5.82 Å². The Morgan fingerprint density at radius 1 is 1.41 bits per heavy atom. The summed E-state index contributed by atoms with van der Waals surface area (Å²) in [7, 11) is -4.89. The molecule has 0 amide bonds. The molecule has 0 unspecified atom stereocenters. The normalized spacial score (nSPS) is 11.5. The molecule has 0 radical (unpaired) electrons. The Bertz CT molecular complexity index is 546. The van der Waals surface area contributed by atoms with E-state index >= 15 is 0 Å². The third-order valence-electron chi connectivity index (χ3n) is 1.75. The van der Waals surface area contributed by atoms with Crippen LogP contribution in [0.4, 0.5) is 18.9 Å². The highest BCUT2D eigenvalue weighted by atomic mass is 32.2. The zero-order chi connectivity index (χ0) is 13.2. The Balaban J connectivity index is 3.25. The van der Waals surface area contributed by atoms with E-state index in [0.29, 0.717) is 0 Å².